The van der Waals surface area contributed by atoms with Crippen molar-refractivity contribution in [3.05, 3.63) is 76.1 Å². The van der Waals surface area contributed by atoms with Gasteiger partial charge in [-0.15, -0.1) is 11.3 Å². The van der Waals surface area contributed by atoms with Crippen molar-refractivity contribution in [1.29, 1.82) is 0 Å². The Kier molecular flexibility index (Phi) is 6.59. The Morgan fingerprint density at radius 1 is 1.21 bits per heavy atom. The summed E-state index contributed by atoms with van der Waals surface area (Å²) in [6, 6.07) is 13.3. The molecule has 0 amide bonds. The summed E-state index contributed by atoms with van der Waals surface area (Å²) in [7, 11) is 0. The van der Waals surface area contributed by atoms with Gasteiger partial charge in [-0.2, -0.15) is 0 Å². The van der Waals surface area contributed by atoms with Gasteiger partial charge in [0.2, 0.25) is 0 Å². The molecule has 0 radical (unpaired) electrons. The number of aromatic nitrogens is 2. The zero-order chi connectivity index (χ0) is 23.5. The predicted molar refractivity (Wildman–Crippen MR) is 131 cm³/mol. The Balaban J connectivity index is 1.30. The van der Waals surface area contributed by atoms with Crippen LogP contribution in [0.25, 0.3) is 10.2 Å². The molecule has 2 aromatic carbocycles. The van der Waals surface area contributed by atoms with E-state index in [1.807, 2.05) is 12.1 Å². The normalized spacial score (nSPS) is 17.4. The molecule has 0 bridgehead atoms. The molecule has 5 rings (SSSR count). The molecule has 1 aliphatic heterocycles. The molecule has 1 fully saturated rings. The molecule has 1 aliphatic rings. The number of anilines is 2. The molecule has 34 heavy (non-hydrogen) atoms. The van der Waals surface area contributed by atoms with E-state index in [4.69, 9.17) is 16.3 Å². The number of hydrogen-bond donors (Lipinski definition) is 2. The van der Waals surface area contributed by atoms with Gasteiger partial charge in [0.1, 0.15) is 41.3 Å². The number of ether oxygens (including phenoxy) is 1. The van der Waals surface area contributed by atoms with Crippen LogP contribution in [-0.4, -0.2) is 28.7 Å². The van der Waals surface area contributed by atoms with Crippen LogP contribution in [0.15, 0.2) is 54.9 Å². The van der Waals surface area contributed by atoms with E-state index in [2.05, 4.69) is 32.4 Å². The average molecular weight is 497 g/mol. The molecule has 2 N–H and O–H groups in total. The van der Waals surface area contributed by atoms with Gasteiger partial charge in [0.05, 0.1) is 21.3 Å². The van der Waals surface area contributed by atoms with Gasteiger partial charge in [0, 0.05) is 18.7 Å². The number of benzene rings is 2. The highest BCUT2D eigenvalue weighted by Gasteiger charge is 2.21. The second-order valence-electron chi connectivity index (χ2n) is 7.80. The number of hydrogen-bond acceptors (Lipinski definition) is 6. The van der Waals surface area contributed by atoms with Crippen molar-refractivity contribution < 1.29 is 13.5 Å². The maximum Gasteiger partial charge on any atom is 0.142 e. The number of halogens is 3. The second-order valence-corrected chi connectivity index (χ2v) is 9.24. The van der Waals surface area contributed by atoms with Gasteiger partial charge < -0.3 is 15.4 Å². The summed E-state index contributed by atoms with van der Waals surface area (Å²) in [5.74, 6) is 7.01. The molecule has 172 valence electrons. The largest absolute Gasteiger partial charge is 0.487 e. The van der Waals surface area contributed by atoms with Crippen LogP contribution in [0.4, 0.5) is 20.3 Å². The van der Waals surface area contributed by atoms with Crippen LogP contribution in [0.3, 0.4) is 0 Å². The summed E-state index contributed by atoms with van der Waals surface area (Å²) in [5, 5.41) is 7.58. The highest BCUT2D eigenvalue weighted by molar-refractivity contribution is 7.19. The van der Waals surface area contributed by atoms with E-state index in [1.54, 1.807) is 24.3 Å². The Bertz CT molecular complexity index is 1400. The Hall–Kier alpha value is -3.25. The summed E-state index contributed by atoms with van der Waals surface area (Å²) in [6.45, 7) is 0.556. The van der Waals surface area contributed by atoms with Gasteiger partial charge in [0.25, 0.3) is 0 Å². The van der Waals surface area contributed by atoms with E-state index in [9.17, 15) is 8.78 Å². The van der Waals surface area contributed by atoms with Crippen molar-refractivity contribution in [3.8, 4) is 17.6 Å². The number of thiophene rings is 1. The number of rotatable bonds is 5. The van der Waals surface area contributed by atoms with E-state index in [0.717, 1.165) is 20.8 Å². The Labute approximate surface area is 204 Å². The second kappa shape index (κ2) is 9.94. The lowest BCUT2D eigenvalue weighted by molar-refractivity contribution is 0.306. The van der Waals surface area contributed by atoms with Crippen LogP contribution in [0.5, 0.6) is 5.75 Å². The van der Waals surface area contributed by atoms with Crippen molar-refractivity contribution in [3.63, 3.8) is 0 Å². The van der Waals surface area contributed by atoms with Gasteiger partial charge in [-0.1, -0.05) is 35.6 Å². The first kappa shape index (κ1) is 22.5. The van der Waals surface area contributed by atoms with Crippen molar-refractivity contribution in [2.24, 2.45) is 0 Å². The highest BCUT2D eigenvalue weighted by atomic mass is 35.5. The quantitative estimate of drug-likeness (QED) is 0.339. The molecule has 2 aromatic heterocycles. The summed E-state index contributed by atoms with van der Waals surface area (Å²) in [5.41, 5.74) is 1.44. The van der Waals surface area contributed by atoms with Crippen molar-refractivity contribution in [2.45, 2.75) is 25.2 Å². The lowest BCUT2D eigenvalue weighted by atomic mass is 10.2. The minimum Gasteiger partial charge on any atom is -0.487 e. The molecule has 0 aliphatic carbocycles. The first-order chi connectivity index (χ1) is 16.5. The number of fused-ring (bicyclic) bond motifs is 1. The van der Waals surface area contributed by atoms with Gasteiger partial charge in [-0.25, -0.2) is 18.7 Å². The van der Waals surface area contributed by atoms with E-state index in [-0.39, 0.29) is 18.5 Å². The SMILES string of the molecule is Fc1cccc(COc2ccc(Nc3ncnc4sc(C#C[C@@H]5C[C@H](F)CN5)cc34)cc2Cl)c1. The molecule has 9 heteroatoms. The zero-order valence-electron chi connectivity index (χ0n) is 17.8. The molecule has 4 aromatic rings. The first-order valence-corrected chi connectivity index (χ1v) is 11.8. The smallest absolute Gasteiger partial charge is 0.142 e. The Morgan fingerprint density at radius 3 is 2.91 bits per heavy atom. The maximum absolute atomic E-state index is 13.3. The van der Waals surface area contributed by atoms with E-state index >= 15 is 0 Å². The summed E-state index contributed by atoms with van der Waals surface area (Å²) < 4.78 is 32.4. The monoisotopic (exact) mass is 496 g/mol. The third kappa shape index (κ3) is 5.28. The zero-order valence-corrected chi connectivity index (χ0v) is 19.4. The molecule has 0 spiro atoms. The minimum absolute atomic E-state index is 0.132. The van der Waals surface area contributed by atoms with Crippen LogP contribution >= 0.6 is 22.9 Å². The van der Waals surface area contributed by atoms with Crippen molar-refractivity contribution in [1.82, 2.24) is 15.3 Å². The first-order valence-electron chi connectivity index (χ1n) is 10.6. The third-order valence-electron chi connectivity index (χ3n) is 5.25. The van der Waals surface area contributed by atoms with Crippen LogP contribution in [0.1, 0.15) is 16.9 Å². The third-order valence-corrected chi connectivity index (χ3v) is 6.51. The maximum atomic E-state index is 13.3. The molecule has 0 saturated carbocycles. The van der Waals surface area contributed by atoms with Crippen LogP contribution in [0.2, 0.25) is 5.02 Å². The Morgan fingerprint density at radius 2 is 2.12 bits per heavy atom. The average Bonchev–Trinajstić information content (AvgIpc) is 3.43. The fourth-order valence-electron chi connectivity index (χ4n) is 3.60. The predicted octanol–water partition coefficient (Wildman–Crippen LogP) is 5.86. The van der Waals surface area contributed by atoms with Gasteiger partial charge in [0.15, 0.2) is 0 Å². The van der Waals surface area contributed by atoms with Crippen LogP contribution in [0, 0.1) is 17.7 Å². The van der Waals surface area contributed by atoms with Crippen molar-refractivity contribution in [2.75, 3.05) is 11.9 Å². The molecule has 5 nitrogen and oxygen atoms in total. The summed E-state index contributed by atoms with van der Waals surface area (Å²) in [4.78, 5) is 10.3. The lowest BCUT2D eigenvalue weighted by Crippen LogP contribution is -2.19. The van der Waals surface area contributed by atoms with Gasteiger partial charge in [-0.05, 0) is 42.0 Å². The fraction of sp³-hybridized carbons (Fsp3) is 0.200. The van der Waals surface area contributed by atoms with Gasteiger partial charge >= 0.3 is 0 Å². The van der Waals surface area contributed by atoms with E-state index < -0.39 is 6.17 Å². The fourth-order valence-corrected chi connectivity index (χ4v) is 4.69. The van der Waals surface area contributed by atoms with Crippen molar-refractivity contribution >= 4 is 44.7 Å². The minimum atomic E-state index is -0.840. The van der Waals surface area contributed by atoms with Gasteiger partial charge in [-0.3, -0.25) is 0 Å². The van der Waals surface area contributed by atoms with E-state index in [1.165, 1.54) is 29.8 Å². The van der Waals surface area contributed by atoms with Crippen LogP contribution < -0.4 is 15.4 Å². The summed E-state index contributed by atoms with van der Waals surface area (Å²) in [6.07, 6.45) is 1.06. The van der Waals surface area contributed by atoms with Crippen LogP contribution in [-0.2, 0) is 6.61 Å². The summed E-state index contributed by atoms with van der Waals surface area (Å²) >= 11 is 7.87. The molecule has 1 saturated heterocycles. The topological polar surface area (TPSA) is 59.1 Å². The standard InChI is InChI=1S/C25H19ClF2N4OS/c26-22-10-19(5-7-23(22)33-13-15-2-1-3-16(27)8-15)32-24-21-11-20(34-25(21)31-14-30-24)6-4-18-9-17(28)12-29-18/h1-3,5,7-8,10-11,14,17-18,29H,9,12-13H2,(H,30,31,32)/t17-,18+/m0/s1. The van der Waals surface area contributed by atoms with E-state index in [0.29, 0.717) is 35.1 Å². The number of alkyl halides is 1. The molecule has 2 atom stereocenters. The molecule has 3 heterocycles. The molecule has 0 unspecified atom stereocenters. The molecular weight excluding hydrogens is 478 g/mol. The number of nitrogens with one attached hydrogen (secondary N) is 2. The molecular formula is C25H19ClF2N4OS. The number of nitrogens with zero attached hydrogens (tertiary/aromatic N) is 2. The highest BCUT2D eigenvalue weighted by Crippen LogP contribution is 2.33. The lowest BCUT2D eigenvalue weighted by Gasteiger charge is -2.11.